The van der Waals surface area contributed by atoms with Gasteiger partial charge in [0.2, 0.25) is 0 Å². The summed E-state index contributed by atoms with van der Waals surface area (Å²) < 4.78 is 35.8. The van der Waals surface area contributed by atoms with Crippen molar-refractivity contribution in [2.24, 2.45) is 5.10 Å². The predicted molar refractivity (Wildman–Crippen MR) is 31.9 cm³/mol. The van der Waals surface area contributed by atoms with Crippen LogP contribution in [0.4, 0.5) is 13.2 Å². The molecule has 0 amide bonds. The number of hydrazone groups is 1. The normalized spacial score (nSPS) is 31.5. The van der Waals surface area contributed by atoms with E-state index in [9.17, 15) is 13.2 Å². The van der Waals surface area contributed by atoms with Gasteiger partial charge in [0.15, 0.2) is 0 Å². The first-order valence-electron chi connectivity index (χ1n) is 2.94. The maximum atomic E-state index is 11.9. The summed E-state index contributed by atoms with van der Waals surface area (Å²) in [5, 5.41) is 12.1. The van der Waals surface area contributed by atoms with Gasteiger partial charge in [0.1, 0.15) is 0 Å². The number of rotatable bonds is 0. The summed E-state index contributed by atoms with van der Waals surface area (Å²) in [6, 6.07) is 0. The molecule has 0 spiro atoms. The van der Waals surface area contributed by atoms with Crippen LogP contribution in [0.25, 0.3) is 0 Å². The Morgan fingerprint density at radius 3 is 2.36 bits per heavy atom. The van der Waals surface area contributed by atoms with Crippen LogP contribution in [0.2, 0.25) is 0 Å². The van der Waals surface area contributed by atoms with Gasteiger partial charge in [-0.05, 0) is 6.92 Å². The zero-order chi connectivity index (χ0) is 8.70. The zero-order valence-corrected chi connectivity index (χ0v) is 5.74. The first-order valence-corrected chi connectivity index (χ1v) is 2.94. The third-order valence-electron chi connectivity index (χ3n) is 1.41. The molecule has 2 N–H and O–H groups in total. The molecule has 3 nitrogen and oxygen atoms in total. The Bertz CT molecular complexity index is 200. The standard InChI is InChI=1S/C5H7F3N2O/c1-3-2-4(11,10-9-3)5(6,7)8/h10-11H,2H2,1H3. The molecule has 0 aromatic rings. The number of aliphatic hydroxyl groups is 1. The lowest BCUT2D eigenvalue weighted by atomic mass is 10.1. The van der Waals surface area contributed by atoms with E-state index in [2.05, 4.69) is 5.10 Å². The minimum Gasteiger partial charge on any atom is -0.362 e. The van der Waals surface area contributed by atoms with Gasteiger partial charge in [-0.3, -0.25) is 5.43 Å². The van der Waals surface area contributed by atoms with Crippen molar-refractivity contribution in [2.75, 3.05) is 0 Å². The predicted octanol–water partition coefficient (Wildman–Crippen LogP) is 0.607. The molecule has 0 saturated carbocycles. The van der Waals surface area contributed by atoms with E-state index in [4.69, 9.17) is 5.11 Å². The summed E-state index contributed by atoms with van der Waals surface area (Å²) in [6.45, 7) is 1.41. The monoisotopic (exact) mass is 168 g/mol. The van der Waals surface area contributed by atoms with Gasteiger partial charge in [-0.25, -0.2) is 0 Å². The Morgan fingerprint density at radius 1 is 1.64 bits per heavy atom. The van der Waals surface area contributed by atoms with Gasteiger partial charge in [-0.1, -0.05) is 0 Å². The second-order valence-corrected chi connectivity index (χ2v) is 2.49. The van der Waals surface area contributed by atoms with Crippen molar-refractivity contribution in [2.45, 2.75) is 25.2 Å². The number of nitrogens with one attached hydrogen (secondary N) is 1. The van der Waals surface area contributed by atoms with Crippen LogP contribution < -0.4 is 5.43 Å². The van der Waals surface area contributed by atoms with E-state index < -0.39 is 18.3 Å². The molecule has 1 rings (SSSR count). The van der Waals surface area contributed by atoms with Gasteiger partial charge in [-0.15, -0.1) is 0 Å². The Labute approximate surface area is 60.9 Å². The molecule has 1 unspecified atom stereocenters. The molecule has 0 saturated heterocycles. The summed E-state index contributed by atoms with van der Waals surface area (Å²) in [6.07, 6.45) is -5.18. The van der Waals surface area contributed by atoms with Crippen molar-refractivity contribution in [3.63, 3.8) is 0 Å². The van der Waals surface area contributed by atoms with E-state index >= 15 is 0 Å². The van der Waals surface area contributed by atoms with Crippen LogP contribution in [0.1, 0.15) is 13.3 Å². The second-order valence-electron chi connectivity index (χ2n) is 2.49. The average Bonchev–Trinajstić information content (AvgIpc) is 2.10. The summed E-state index contributed by atoms with van der Waals surface area (Å²) in [5.41, 5.74) is -0.968. The molecule has 1 heterocycles. The molecule has 1 atom stereocenters. The molecule has 0 radical (unpaired) electrons. The smallest absolute Gasteiger partial charge is 0.362 e. The van der Waals surface area contributed by atoms with Crippen LogP contribution in [0.5, 0.6) is 0 Å². The van der Waals surface area contributed by atoms with E-state index in [0.29, 0.717) is 0 Å². The number of hydrogen-bond donors (Lipinski definition) is 2. The van der Waals surface area contributed by atoms with E-state index in [1.807, 2.05) is 0 Å². The summed E-state index contributed by atoms with van der Waals surface area (Å²) in [5.74, 6) is 0. The van der Waals surface area contributed by atoms with Crippen molar-refractivity contribution < 1.29 is 18.3 Å². The molecule has 64 valence electrons. The van der Waals surface area contributed by atoms with Crippen LogP contribution in [0.15, 0.2) is 5.10 Å². The zero-order valence-electron chi connectivity index (χ0n) is 5.74. The molecule has 0 aromatic heterocycles. The third-order valence-corrected chi connectivity index (χ3v) is 1.41. The van der Waals surface area contributed by atoms with Crippen molar-refractivity contribution in [3.05, 3.63) is 0 Å². The molecule has 0 aromatic carbocycles. The Kier molecular flexibility index (Phi) is 1.59. The third kappa shape index (κ3) is 1.30. The van der Waals surface area contributed by atoms with Crippen LogP contribution >= 0.6 is 0 Å². The first kappa shape index (κ1) is 8.32. The van der Waals surface area contributed by atoms with E-state index in [0.717, 1.165) is 0 Å². The minimum atomic E-state index is -4.67. The Hall–Kier alpha value is -0.780. The Morgan fingerprint density at radius 2 is 2.18 bits per heavy atom. The summed E-state index contributed by atoms with van der Waals surface area (Å²) in [7, 11) is 0. The average molecular weight is 168 g/mol. The fraction of sp³-hybridized carbons (Fsp3) is 0.800. The lowest BCUT2D eigenvalue weighted by Crippen LogP contribution is -2.52. The molecule has 0 aliphatic carbocycles. The largest absolute Gasteiger partial charge is 0.438 e. The maximum Gasteiger partial charge on any atom is 0.438 e. The minimum absolute atomic E-state index is 0.241. The highest BCUT2D eigenvalue weighted by atomic mass is 19.4. The van der Waals surface area contributed by atoms with E-state index in [1.54, 1.807) is 5.43 Å². The fourth-order valence-corrected chi connectivity index (χ4v) is 0.801. The number of hydrogen-bond acceptors (Lipinski definition) is 3. The van der Waals surface area contributed by atoms with Crippen molar-refractivity contribution >= 4 is 5.71 Å². The van der Waals surface area contributed by atoms with Crippen LogP contribution in [-0.2, 0) is 0 Å². The van der Waals surface area contributed by atoms with Crippen molar-refractivity contribution in [1.82, 2.24) is 5.43 Å². The van der Waals surface area contributed by atoms with Crippen molar-refractivity contribution in [1.29, 1.82) is 0 Å². The second kappa shape index (κ2) is 2.10. The van der Waals surface area contributed by atoms with Crippen molar-refractivity contribution in [3.8, 4) is 0 Å². The molecule has 0 fully saturated rings. The highest BCUT2D eigenvalue weighted by Crippen LogP contribution is 2.33. The quantitative estimate of drug-likeness (QED) is 0.556. The van der Waals surface area contributed by atoms with Gasteiger partial charge in [-0.2, -0.15) is 18.3 Å². The van der Waals surface area contributed by atoms with Crippen LogP contribution in [0.3, 0.4) is 0 Å². The van der Waals surface area contributed by atoms with Crippen LogP contribution in [-0.4, -0.2) is 22.7 Å². The molecular weight excluding hydrogens is 161 g/mol. The van der Waals surface area contributed by atoms with Gasteiger partial charge in [0.25, 0.3) is 5.72 Å². The fourth-order valence-electron chi connectivity index (χ4n) is 0.801. The van der Waals surface area contributed by atoms with E-state index in [-0.39, 0.29) is 5.71 Å². The SMILES string of the molecule is CC1=NNC(O)(C(F)(F)F)C1. The number of alkyl halides is 3. The Balaban J connectivity index is 2.74. The molecule has 1 aliphatic rings. The van der Waals surface area contributed by atoms with Gasteiger partial charge in [0.05, 0.1) is 0 Å². The highest BCUT2D eigenvalue weighted by Gasteiger charge is 2.56. The van der Waals surface area contributed by atoms with Crippen LogP contribution in [0, 0.1) is 0 Å². The molecule has 0 bridgehead atoms. The maximum absolute atomic E-state index is 11.9. The summed E-state index contributed by atoms with van der Waals surface area (Å²) >= 11 is 0. The van der Waals surface area contributed by atoms with E-state index in [1.165, 1.54) is 6.92 Å². The lowest BCUT2D eigenvalue weighted by Gasteiger charge is -2.24. The van der Waals surface area contributed by atoms with Gasteiger partial charge < -0.3 is 5.11 Å². The summed E-state index contributed by atoms with van der Waals surface area (Å²) in [4.78, 5) is 0. The van der Waals surface area contributed by atoms with Gasteiger partial charge >= 0.3 is 6.18 Å². The highest BCUT2D eigenvalue weighted by molar-refractivity contribution is 5.84. The molecule has 11 heavy (non-hydrogen) atoms. The van der Waals surface area contributed by atoms with Gasteiger partial charge in [0, 0.05) is 12.1 Å². The topological polar surface area (TPSA) is 44.6 Å². The molecular formula is C5H7F3N2O. The lowest BCUT2D eigenvalue weighted by molar-refractivity contribution is -0.266. The number of halogens is 3. The molecule has 1 aliphatic heterocycles. The first-order chi connectivity index (χ1) is 4.85. The number of nitrogens with zero attached hydrogens (tertiary/aromatic N) is 1. The molecule has 6 heteroatoms.